The van der Waals surface area contributed by atoms with Gasteiger partial charge >= 0.3 is 6.09 Å². The zero-order valence-corrected chi connectivity index (χ0v) is 11.5. The molecule has 2 aliphatic heterocycles. The van der Waals surface area contributed by atoms with E-state index in [9.17, 15) is 9.90 Å². The van der Waals surface area contributed by atoms with E-state index in [-0.39, 0.29) is 0 Å². The summed E-state index contributed by atoms with van der Waals surface area (Å²) in [6, 6.07) is 14.4. The first-order valence-electron chi connectivity index (χ1n) is 6.80. The van der Waals surface area contributed by atoms with Crippen LogP contribution in [0.3, 0.4) is 0 Å². The predicted octanol–water partition coefficient (Wildman–Crippen LogP) is 4.01. The van der Waals surface area contributed by atoms with Crippen molar-refractivity contribution in [1.29, 1.82) is 0 Å². The molecule has 2 aromatic rings. The van der Waals surface area contributed by atoms with Crippen LogP contribution in [0.4, 0.5) is 21.9 Å². The topological polar surface area (TPSA) is 65.3 Å². The number of carbonyl (C=O) groups is 1. The molecule has 4 rings (SSSR count). The third kappa shape index (κ3) is 1.83. The van der Waals surface area contributed by atoms with E-state index in [0.717, 1.165) is 16.8 Å². The van der Waals surface area contributed by atoms with Crippen LogP contribution in [0.5, 0.6) is 0 Å². The molecule has 2 aromatic carbocycles. The van der Waals surface area contributed by atoms with Gasteiger partial charge in [-0.3, -0.25) is 0 Å². The van der Waals surface area contributed by atoms with Crippen molar-refractivity contribution in [2.75, 3.05) is 4.90 Å². The molecule has 5 nitrogen and oxygen atoms in total. The molecule has 1 N–H and O–H groups in total. The molecular formula is C17H11N3O2. The maximum Gasteiger partial charge on any atom is 0.416 e. The highest BCUT2D eigenvalue weighted by molar-refractivity contribution is 6.35. The summed E-state index contributed by atoms with van der Waals surface area (Å²) in [5.41, 5.74) is 3.86. The molecule has 0 radical (unpaired) electrons. The van der Waals surface area contributed by atoms with Gasteiger partial charge in [0.15, 0.2) is 5.84 Å². The van der Waals surface area contributed by atoms with E-state index >= 15 is 0 Å². The first-order valence-corrected chi connectivity index (χ1v) is 6.80. The summed E-state index contributed by atoms with van der Waals surface area (Å²) in [7, 11) is 0. The van der Waals surface area contributed by atoms with E-state index in [2.05, 4.69) is 9.98 Å². The standard InChI is InChI=1S/C17H11N3O2/c21-17(22)20(11-4-2-1-3-5-11)12-6-7-15-14(10-12)13-8-9-18-16(13)19-15/h1-10H,(H,21,22). The van der Waals surface area contributed by atoms with E-state index < -0.39 is 6.09 Å². The van der Waals surface area contributed by atoms with Gasteiger partial charge in [0.25, 0.3) is 0 Å². The number of fused-ring (bicyclic) bond motifs is 3. The molecule has 5 heteroatoms. The lowest BCUT2D eigenvalue weighted by molar-refractivity contribution is 0.205. The predicted molar refractivity (Wildman–Crippen MR) is 86.6 cm³/mol. The van der Waals surface area contributed by atoms with Crippen LogP contribution >= 0.6 is 0 Å². The molecule has 0 aromatic heterocycles. The molecule has 0 atom stereocenters. The minimum Gasteiger partial charge on any atom is -0.464 e. The van der Waals surface area contributed by atoms with Crippen molar-refractivity contribution in [3.8, 4) is 0 Å². The van der Waals surface area contributed by atoms with Crippen molar-refractivity contribution >= 4 is 40.8 Å². The Morgan fingerprint density at radius 3 is 2.64 bits per heavy atom. The number of rotatable bonds is 2. The van der Waals surface area contributed by atoms with Crippen LogP contribution in [-0.4, -0.2) is 23.2 Å². The molecule has 1 amide bonds. The molecule has 0 fully saturated rings. The molecule has 0 unspecified atom stereocenters. The molecule has 0 saturated heterocycles. The van der Waals surface area contributed by atoms with Crippen LogP contribution in [0.2, 0.25) is 0 Å². The van der Waals surface area contributed by atoms with E-state index in [4.69, 9.17) is 0 Å². The first-order chi connectivity index (χ1) is 10.7. The average molecular weight is 289 g/mol. The number of nitrogens with zero attached hydrogens (tertiary/aromatic N) is 3. The Morgan fingerprint density at radius 2 is 1.86 bits per heavy atom. The number of para-hydroxylation sites is 1. The fraction of sp³-hybridized carbons (Fsp3) is 0. The van der Waals surface area contributed by atoms with Gasteiger partial charge in [-0.1, -0.05) is 18.2 Å². The molecule has 0 aliphatic carbocycles. The SMILES string of the molecule is O=C(O)N(c1ccccc1)c1ccc2c(c1)C1=CC=NC1=N2. The Morgan fingerprint density at radius 1 is 1.05 bits per heavy atom. The number of carboxylic acid groups (broad SMARTS) is 1. The number of amidine groups is 1. The summed E-state index contributed by atoms with van der Waals surface area (Å²) in [5, 5.41) is 9.57. The number of aliphatic imine (C=N–C) groups is 2. The van der Waals surface area contributed by atoms with Gasteiger partial charge in [0.1, 0.15) is 0 Å². The molecule has 2 aliphatic rings. The highest BCUT2D eigenvalue weighted by Gasteiger charge is 2.25. The lowest BCUT2D eigenvalue weighted by Crippen LogP contribution is -2.23. The molecular weight excluding hydrogens is 278 g/mol. The van der Waals surface area contributed by atoms with Crippen LogP contribution in [0.25, 0.3) is 5.57 Å². The largest absolute Gasteiger partial charge is 0.464 e. The second-order valence-electron chi connectivity index (χ2n) is 4.95. The second-order valence-corrected chi connectivity index (χ2v) is 4.95. The number of hydrogen-bond acceptors (Lipinski definition) is 3. The Hall–Kier alpha value is -3.21. The van der Waals surface area contributed by atoms with Gasteiger partial charge in [0, 0.05) is 17.4 Å². The summed E-state index contributed by atoms with van der Waals surface area (Å²) < 4.78 is 0. The summed E-state index contributed by atoms with van der Waals surface area (Å²) in [6.07, 6.45) is 2.57. The first kappa shape index (κ1) is 12.5. The number of amides is 1. The highest BCUT2D eigenvalue weighted by atomic mass is 16.4. The number of hydrogen-bond donors (Lipinski definition) is 1. The highest BCUT2D eigenvalue weighted by Crippen LogP contribution is 2.40. The van der Waals surface area contributed by atoms with Gasteiger partial charge in [-0.2, -0.15) is 0 Å². The summed E-state index contributed by atoms with van der Waals surface area (Å²) in [5.74, 6) is 0.689. The fourth-order valence-electron chi connectivity index (χ4n) is 2.66. The quantitative estimate of drug-likeness (QED) is 0.907. The molecule has 0 bridgehead atoms. The monoisotopic (exact) mass is 289 g/mol. The molecule has 0 saturated carbocycles. The third-order valence-corrected chi connectivity index (χ3v) is 3.64. The van der Waals surface area contributed by atoms with Crippen molar-refractivity contribution in [2.45, 2.75) is 0 Å². The molecule has 106 valence electrons. The van der Waals surface area contributed by atoms with Crippen molar-refractivity contribution in [1.82, 2.24) is 0 Å². The van der Waals surface area contributed by atoms with Crippen LogP contribution in [0.1, 0.15) is 5.56 Å². The van der Waals surface area contributed by atoms with Crippen molar-refractivity contribution in [2.24, 2.45) is 9.98 Å². The second kappa shape index (κ2) is 4.66. The maximum atomic E-state index is 11.7. The Kier molecular flexibility index (Phi) is 2.66. The van der Waals surface area contributed by atoms with Gasteiger partial charge < -0.3 is 5.11 Å². The average Bonchev–Trinajstić information content (AvgIpc) is 3.09. The minimum absolute atomic E-state index is 0.585. The van der Waals surface area contributed by atoms with Crippen molar-refractivity contribution < 1.29 is 9.90 Å². The van der Waals surface area contributed by atoms with Crippen LogP contribution in [-0.2, 0) is 0 Å². The zero-order chi connectivity index (χ0) is 15.1. The fourth-order valence-corrected chi connectivity index (χ4v) is 2.66. The van der Waals surface area contributed by atoms with Crippen LogP contribution < -0.4 is 4.90 Å². The van der Waals surface area contributed by atoms with Gasteiger partial charge in [0.05, 0.1) is 17.1 Å². The number of allylic oxidation sites excluding steroid dienone is 1. The normalized spacial score (nSPS) is 14.2. The molecule has 0 spiro atoms. The van der Waals surface area contributed by atoms with Gasteiger partial charge in [-0.05, 0) is 36.4 Å². The lowest BCUT2D eigenvalue weighted by Gasteiger charge is -2.20. The molecule has 2 heterocycles. The number of anilines is 2. The smallest absolute Gasteiger partial charge is 0.416 e. The van der Waals surface area contributed by atoms with Gasteiger partial charge in [0.2, 0.25) is 0 Å². The van der Waals surface area contributed by atoms with Crippen LogP contribution in [0, 0.1) is 0 Å². The van der Waals surface area contributed by atoms with Crippen molar-refractivity contribution in [3.63, 3.8) is 0 Å². The summed E-state index contributed by atoms with van der Waals surface area (Å²) in [6.45, 7) is 0. The third-order valence-electron chi connectivity index (χ3n) is 3.64. The summed E-state index contributed by atoms with van der Waals surface area (Å²) in [4.78, 5) is 21.5. The number of benzene rings is 2. The maximum absolute atomic E-state index is 11.7. The van der Waals surface area contributed by atoms with Gasteiger partial charge in [-0.15, -0.1) is 0 Å². The van der Waals surface area contributed by atoms with Gasteiger partial charge in [-0.25, -0.2) is 19.7 Å². The Labute approximate surface area is 126 Å². The Bertz CT molecular complexity index is 867. The van der Waals surface area contributed by atoms with E-state index in [1.54, 1.807) is 24.4 Å². The lowest BCUT2D eigenvalue weighted by atomic mass is 10.1. The van der Waals surface area contributed by atoms with Crippen molar-refractivity contribution in [3.05, 3.63) is 60.2 Å². The Balaban J connectivity index is 1.81. The summed E-state index contributed by atoms with van der Waals surface area (Å²) >= 11 is 0. The molecule has 22 heavy (non-hydrogen) atoms. The minimum atomic E-state index is -1.03. The van der Waals surface area contributed by atoms with E-state index in [0.29, 0.717) is 17.2 Å². The van der Waals surface area contributed by atoms with E-state index in [1.165, 1.54) is 4.90 Å². The zero-order valence-electron chi connectivity index (χ0n) is 11.5. The van der Waals surface area contributed by atoms with Crippen LogP contribution in [0.15, 0.2) is 64.6 Å². The van der Waals surface area contributed by atoms with E-state index in [1.807, 2.05) is 36.4 Å².